The second kappa shape index (κ2) is 6.23. The van der Waals surface area contributed by atoms with Crippen LogP contribution in [0.2, 0.25) is 0 Å². The molecular formula is C12H12ClF4NO. The predicted octanol–water partition coefficient (Wildman–Crippen LogP) is 3.38. The van der Waals surface area contributed by atoms with Crippen LogP contribution in [0.15, 0.2) is 18.2 Å². The zero-order valence-corrected chi connectivity index (χ0v) is 10.9. The van der Waals surface area contributed by atoms with Crippen molar-refractivity contribution in [1.29, 1.82) is 0 Å². The van der Waals surface area contributed by atoms with E-state index >= 15 is 0 Å². The fraction of sp³-hybridized carbons (Fsp3) is 0.417. The molecule has 0 aliphatic heterocycles. The van der Waals surface area contributed by atoms with Gasteiger partial charge in [0.25, 0.3) is 5.91 Å². The molecule has 1 aromatic rings. The standard InChI is InChI=1S/C12H12ClF4NO/c1-8-2-3-10(14)9(6-8)11(19)18(5-4-13)7-12(15,16)17/h2-3,6H,4-5,7H2,1H3. The second-order valence-electron chi connectivity index (χ2n) is 4.01. The van der Waals surface area contributed by atoms with Gasteiger partial charge in [0.2, 0.25) is 0 Å². The molecule has 0 unspecified atom stereocenters. The van der Waals surface area contributed by atoms with Gasteiger partial charge in [-0.1, -0.05) is 11.6 Å². The number of carbonyl (C=O) groups excluding carboxylic acids is 1. The van der Waals surface area contributed by atoms with Gasteiger partial charge in [-0.2, -0.15) is 13.2 Å². The molecule has 7 heteroatoms. The first kappa shape index (κ1) is 15.8. The van der Waals surface area contributed by atoms with Crippen LogP contribution in [0.5, 0.6) is 0 Å². The van der Waals surface area contributed by atoms with Crippen LogP contribution in [0.25, 0.3) is 0 Å². The van der Waals surface area contributed by atoms with Crippen LogP contribution in [-0.4, -0.2) is 36.0 Å². The molecule has 0 spiro atoms. The van der Waals surface area contributed by atoms with Crippen molar-refractivity contribution >= 4 is 17.5 Å². The Bertz CT molecular complexity index is 462. The number of alkyl halides is 4. The van der Waals surface area contributed by atoms with Crippen LogP contribution in [0.1, 0.15) is 15.9 Å². The maximum Gasteiger partial charge on any atom is 0.406 e. The van der Waals surface area contributed by atoms with Crippen molar-refractivity contribution in [2.75, 3.05) is 19.0 Å². The fourth-order valence-corrected chi connectivity index (χ4v) is 1.75. The van der Waals surface area contributed by atoms with Crippen LogP contribution in [0.4, 0.5) is 17.6 Å². The topological polar surface area (TPSA) is 20.3 Å². The molecule has 19 heavy (non-hydrogen) atoms. The van der Waals surface area contributed by atoms with Gasteiger partial charge in [0.1, 0.15) is 12.4 Å². The van der Waals surface area contributed by atoms with E-state index in [1.54, 1.807) is 6.92 Å². The molecule has 2 nitrogen and oxygen atoms in total. The van der Waals surface area contributed by atoms with E-state index in [4.69, 9.17) is 11.6 Å². The van der Waals surface area contributed by atoms with Gasteiger partial charge in [-0.05, 0) is 19.1 Å². The Morgan fingerprint density at radius 1 is 1.37 bits per heavy atom. The number of benzene rings is 1. The monoisotopic (exact) mass is 297 g/mol. The van der Waals surface area contributed by atoms with Crippen molar-refractivity contribution in [1.82, 2.24) is 4.90 Å². The summed E-state index contributed by atoms with van der Waals surface area (Å²) >= 11 is 5.37. The first-order valence-electron chi connectivity index (χ1n) is 5.42. The second-order valence-corrected chi connectivity index (χ2v) is 4.39. The molecule has 0 atom stereocenters. The summed E-state index contributed by atoms with van der Waals surface area (Å²) in [6.07, 6.45) is -4.55. The Morgan fingerprint density at radius 3 is 2.53 bits per heavy atom. The Kier molecular flexibility index (Phi) is 5.17. The number of carbonyl (C=O) groups is 1. The van der Waals surface area contributed by atoms with Crippen LogP contribution < -0.4 is 0 Å². The normalized spacial score (nSPS) is 11.5. The highest BCUT2D eigenvalue weighted by molar-refractivity contribution is 6.18. The fourth-order valence-electron chi connectivity index (χ4n) is 1.54. The van der Waals surface area contributed by atoms with Gasteiger partial charge < -0.3 is 4.90 Å². The summed E-state index contributed by atoms with van der Waals surface area (Å²) in [6, 6.07) is 3.70. The summed E-state index contributed by atoms with van der Waals surface area (Å²) in [6.45, 7) is -0.134. The third-order valence-electron chi connectivity index (χ3n) is 2.36. The average molecular weight is 298 g/mol. The summed E-state index contributed by atoms with van der Waals surface area (Å²) in [5.41, 5.74) is 0.206. The van der Waals surface area contributed by atoms with Crippen LogP contribution >= 0.6 is 11.6 Å². The zero-order chi connectivity index (χ0) is 14.6. The third-order valence-corrected chi connectivity index (χ3v) is 2.53. The SMILES string of the molecule is Cc1ccc(F)c(C(=O)N(CCCl)CC(F)(F)F)c1. The first-order chi connectivity index (χ1) is 8.74. The smallest absolute Gasteiger partial charge is 0.328 e. The third kappa shape index (κ3) is 4.70. The summed E-state index contributed by atoms with van der Waals surface area (Å²) < 4.78 is 50.6. The molecular weight excluding hydrogens is 286 g/mol. The zero-order valence-electron chi connectivity index (χ0n) is 10.1. The van der Waals surface area contributed by atoms with Crippen molar-refractivity contribution in [3.8, 4) is 0 Å². The number of hydrogen-bond donors (Lipinski definition) is 0. The van der Waals surface area contributed by atoms with E-state index in [1.807, 2.05) is 0 Å². The molecule has 0 aromatic heterocycles. The Labute approximate surface area is 113 Å². The minimum Gasteiger partial charge on any atom is -0.328 e. The largest absolute Gasteiger partial charge is 0.406 e. The van der Waals surface area contributed by atoms with E-state index in [9.17, 15) is 22.4 Å². The molecule has 0 fully saturated rings. The van der Waals surface area contributed by atoms with E-state index in [0.29, 0.717) is 10.5 Å². The number of hydrogen-bond acceptors (Lipinski definition) is 1. The number of aryl methyl sites for hydroxylation is 1. The predicted molar refractivity (Wildman–Crippen MR) is 63.8 cm³/mol. The molecule has 106 valence electrons. The Hall–Kier alpha value is -1.30. The summed E-state index contributed by atoms with van der Waals surface area (Å²) in [4.78, 5) is 12.4. The molecule has 0 heterocycles. The lowest BCUT2D eigenvalue weighted by molar-refractivity contribution is -0.140. The summed E-state index contributed by atoms with van der Waals surface area (Å²) in [5, 5.41) is 0. The van der Waals surface area contributed by atoms with Crippen molar-refractivity contribution in [3.05, 3.63) is 35.1 Å². The molecule has 0 N–H and O–H groups in total. The van der Waals surface area contributed by atoms with Gasteiger partial charge in [0, 0.05) is 12.4 Å². The van der Waals surface area contributed by atoms with Gasteiger partial charge >= 0.3 is 6.18 Å². The van der Waals surface area contributed by atoms with Crippen LogP contribution in [0.3, 0.4) is 0 Å². The maximum atomic E-state index is 13.5. The average Bonchev–Trinajstić information content (AvgIpc) is 2.29. The molecule has 1 rings (SSSR count). The number of halogens is 5. The molecule has 0 saturated carbocycles. The van der Waals surface area contributed by atoms with Gasteiger partial charge in [-0.15, -0.1) is 11.6 Å². The maximum absolute atomic E-state index is 13.5. The molecule has 0 aliphatic carbocycles. The minimum atomic E-state index is -4.55. The van der Waals surface area contributed by atoms with Crippen molar-refractivity contribution < 1.29 is 22.4 Å². The Balaban J connectivity index is 3.02. The molecule has 0 saturated heterocycles. The first-order valence-corrected chi connectivity index (χ1v) is 5.96. The lowest BCUT2D eigenvalue weighted by Crippen LogP contribution is -2.40. The molecule has 0 aliphatic rings. The molecule has 0 radical (unpaired) electrons. The van der Waals surface area contributed by atoms with Crippen molar-refractivity contribution in [3.63, 3.8) is 0 Å². The quantitative estimate of drug-likeness (QED) is 0.616. The van der Waals surface area contributed by atoms with Gasteiger partial charge in [-0.3, -0.25) is 4.79 Å². The highest BCUT2D eigenvalue weighted by atomic mass is 35.5. The highest BCUT2D eigenvalue weighted by Crippen LogP contribution is 2.19. The van der Waals surface area contributed by atoms with Crippen molar-refractivity contribution in [2.24, 2.45) is 0 Å². The van der Waals surface area contributed by atoms with E-state index in [1.165, 1.54) is 12.1 Å². The van der Waals surface area contributed by atoms with Crippen molar-refractivity contribution in [2.45, 2.75) is 13.1 Å². The Morgan fingerprint density at radius 2 is 2.00 bits per heavy atom. The van der Waals surface area contributed by atoms with E-state index in [2.05, 4.69) is 0 Å². The van der Waals surface area contributed by atoms with Gasteiger partial charge in [-0.25, -0.2) is 4.39 Å². The highest BCUT2D eigenvalue weighted by Gasteiger charge is 2.33. The van der Waals surface area contributed by atoms with Gasteiger partial charge in [0.05, 0.1) is 5.56 Å². The van der Waals surface area contributed by atoms with E-state index in [0.717, 1.165) is 6.07 Å². The number of amides is 1. The molecule has 0 bridgehead atoms. The lowest BCUT2D eigenvalue weighted by Gasteiger charge is -2.23. The molecule has 1 amide bonds. The van der Waals surface area contributed by atoms with E-state index in [-0.39, 0.29) is 18.0 Å². The lowest BCUT2D eigenvalue weighted by atomic mass is 10.1. The number of nitrogens with zero attached hydrogens (tertiary/aromatic N) is 1. The molecule has 1 aromatic carbocycles. The summed E-state index contributed by atoms with van der Waals surface area (Å²) in [7, 11) is 0. The number of rotatable bonds is 4. The van der Waals surface area contributed by atoms with Gasteiger partial charge in [0.15, 0.2) is 0 Å². The van der Waals surface area contributed by atoms with Crippen LogP contribution in [0, 0.1) is 12.7 Å². The van der Waals surface area contributed by atoms with E-state index < -0.39 is 24.4 Å². The minimum absolute atomic E-state index is 0.157. The summed E-state index contributed by atoms with van der Waals surface area (Å²) in [5.74, 6) is -2.02. The van der Waals surface area contributed by atoms with Crippen LogP contribution in [-0.2, 0) is 0 Å².